The van der Waals surface area contributed by atoms with E-state index >= 15 is 0 Å². The van der Waals surface area contributed by atoms with E-state index in [1.54, 1.807) is 0 Å². The van der Waals surface area contributed by atoms with Crippen LogP contribution in [0.25, 0.3) is 0 Å². The molecule has 0 aliphatic heterocycles. The van der Waals surface area contributed by atoms with Crippen molar-refractivity contribution in [2.45, 2.75) is 39.0 Å². The fourth-order valence-corrected chi connectivity index (χ4v) is 0.604. The number of halogens is 1. The first kappa shape index (κ1) is 16.4. The molecule has 0 aromatic heterocycles. The summed E-state index contributed by atoms with van der Waals surface area (Å²) in [6.45, 7) is 5.98. The average molecular weight is 190 g/mol. The molecule has 0 nitrogen and oxygen atoms in total. The second-order valence-corrected chi connectivity index (χ2v) is 1.91. The molecule has 0 heterocycles. The van der Waals surface area contributed by atoms with Crippen molar-refractivity contribution in [3.63, 3.8) is 0 Å². The van der Waals surface area contributed by atoms with Crippen molar-refractivity contribution < 1.29 is 29.5 Å². The maximum atomic E-state index is 3.76. The first-order chi connectivity index (χ1) is 3.41. The van der Waals surface area contributed by atoms with Gasteiger partial charge in [0.1, 0.15) is 0 Å². The van der Waals surface area contributed by atoms with Crippen molar-refractivity contribution in [3.05, 3.63) is 6.92 Å². The van der Waals surface area contributed by atoms with E-state index in [-0.39, 0.29) is 29.5 Å². The normalized spacial score (nSPS) is 7.33. The third-order valence-corrected chi connectivity index (χ3v) is 1.10. The minimum absolute atomic E-state index is 0. The summed E-state index contributed by atoms with van der Waals surface area (Å²) in [7, 11) is 0. The van der Waals surface area contributed by atoms with Gasteiger partial charge in [-0.05, 0) is 0 Å². The molecular formula is C7H15ClMn-. The molecular weight excluding hydrogens is 174 g/mol. The zero-order valence-electron chi connectivity index (χ0n) is 6.00. The van der Waals surface area contributed by atoms with Crippen molar-refractivity contribution in [2.75, 3.05) is 0 Å². The van der Waals surface area contributed by atoms with Gasteiger partial charge >= 0.3 is 0 Å². The van der Waals surface area contributed by atoms with E-state index in [2.05, 4.69) is 13.8 Å². The van der Waals surface area contributed by atoms with Crippen LogP contribution in [0, 0.1) is 6.92 Å². The molecule has 0 saturated heterocycles. The van der Waals surface area contributed by atoms with Gasteiger partial charge in [0.15, 0.2) is 0 Å². The zero-order valence-corrected chi connectivity index (χ0v) is 7.93. The molecule has 0 amide bonds. The van der Waals surface area contributed by atoms with Crippen LogP contribution < -0.4 is 12.4 Å². The Morgan fingerprint density at radius 3 is 2.00 bits per heavy atom. The van der Waals surface area contributed by atoms with Gasteiger partial charge in [-0.3, -0.25) is 0 Å². The predicted molar refractivity (Wildman–Crippen MR) is 34.1 cm³/mol. The maximum Gasteiger partial charge on any atom is 0 e. The topological polar surface area (TPSA) is 0 Å². The van der Waals surface area contributed by atoms with Crippen molar-refractivity contribution >= 4 is 0 Å². The van der Waals surface area contributed by atoms with Crippen LogP contribution in [-0.2, 0) is 17.1 Å². The molecule has 0 unspecified atom stereocenters. The second-order valence-electron chi connectivity index (χ2n) is 1.91. The van der Waals surface area contributed by atoms with Gasteiger partial charge in [-0.25, -0.2) is 0 Å². The molecule has 0 atom stereocenters. The molecule has 2 heteroatoms. The van der Waals surface area contributed by atoms with Crippen LogP contribution in [-0.4, -0.2) is 0 Å². The molecule has 0 spiro atoms. The molecule has 0 aromatic carbocycles. The average Bonchev–Trinajstić information content (AvgIpc) is 1.69. The molecule has 0 aromatic rings. The van der Waals surface area contributed by atoms with E-state index in [4.69, 9.17) is 0 Å². The van der Waals surface area contributed by atoms with E-state index in [1.165, 1.54) is 25.7 Å². The summed E-state index contributed by atoms with van der Waals surface area (Å²) in [4.78, 5) is 0. The Balaban J connectivity index is -0.000000180. The van der Waals surface area contributed by atoms with Crippen molar-refractivity contribution in [1.29, 1.82) is 0 Å². The van der Waals surface area contributed by atoms with E-state index in [9.17, 15) is 0 Å². The fourth-order valence-electron chi connectivity index (χ4n) is 0.604. The third-order valence-electron chi connectivity index (χ3n) is 1.10. The van der Waals surface area contributed by atoms with Crippen LogP contribution >= 0.6 is 0 Å². The number of hydrogen-bond donors (Lipinski definition) is 0. The third kappa shape index (κ3) is 17.7. The molecule has 0 bridgehead atoms. The standard InChI is InChI=1S/C7H15.ClH.Mn/c1-3-5-7-6-4-2;;/h1,3-7H2,2H3;1H;/p-1. The SMILES string of the molecule is [CH2]CCCCCC.[Cl-].[Mn]. The van der Waals surface area contributed by atoms with E-state index in [0.717, 1.165) is 6.42 Å². The molecule has 0 fully saturated rings. The van der Waals surface area contributed by atoms with Crippen molar-refractivity contribution in [1.82, 2.24) is 0 Å². The minimum Gasteiger partial charge on any atom is -1.00 e. The monoisotopic (exact) mass is 189 g/mol. The Bertz CT molecular complexity index is 28.1. The van der Waals surface area contributed by atoms with Crippen LogP contribution in [0.3, 0.4) is 0 Å². The van der Waals surface area contributed by atoms with Gasteiger partial charge in [0.05, 0.1) is 0 Å². The summed E-state index contributed by atoms with van der Waals surface area (Å²) in [5.41, 5.74) is 0. The molecule has 2 radical (unpaired) electrons. The summed E-state index contributed by atoms with van der Waals surface area (Å²) in [6, 6.07) is 0. The van der Waals surface area contributed by atoms with Gasteiger partial charge in [-0.15, -0.1) is 0 Å². The van der Waals surface area contributed by atoms with E-state index in [0.29, 0.717) is 0 Å². The Hall–Kier alpha value is 0.809. The summed E-state index contributed by atoms with van der Waals surface area (Å²) < 4.78 is 0. The van der Waals surface area contributed by atoms with Crippen LogP contribution in [0.5, 0.6) is 0 Å². The zero-order chi connectivity index (χ0) is 5.54. The molecule has 58 valence electrons. The molecule has 0 saturated carbocycles. The predicted octanol–water partition coefficient (Wildman–Crippen LogP) is -0.208. The minimum atomic E-state index is 0. The number of hydrogen-bond acceptors (Lipinski definition) is 0. The van der Waals surface area contributed by atoms with Gasteiger partial charge in [0.2, 0.25) is 0 Å². The van der Waals surface area contributed by atoms with E-state index < -0.39 is 0 Å². The largest absolute Gasteiger partial charge is 1.00 e. The summed E-state index contributed by atoms with van der Waals surface area (Å²) in [6.07, 6.45) is 6.52. The van der Waals surface area contributed by atoms with Crippen molar-refractivity contribution in [2.24, 2.45) is 0 Å². The van der Waals surface area contributed by atoms with Gasteiger partial charge in [0, 0.05) is 17.1 Å². The van der Waals surface area contributed by atoms with Crippen LogP contribution in [0.4, 0.5) is 0 Å². The molecule has 0 aliphatic rings. The first-order valence-corrected chi connectivity index (χ1v) is 3.21. The van der Waals surface area contributed by atoms with E-state index in [1.807, 2.05) is 0 Å². The Morgan fingerprint density at radius 1 is 1.11 bits per heavy atom. The Labute approximate surface area is 75.7 Å². The molecule has 0 rings (SSSR count). The first-order valence-electron chi connectivity index (χ1n) is 3.21. The van der Waals surface area contributed by atoms with Gasteiger partial charge in [-0.2, -0.15) is 0 Å². The Kier molecular flexibility index (Phi) is 29.0. The molecule has 0 aliphatic carbocycles. The van der Waals surface area contributed by atoms with Crippen LogP contribution in [0.1, 0.15) is 39.0 Å². The maximum absolute atomic E-state index is 3.76. The summed E-state index contributed by atoms with van der Waals surface area (Å²) >= 11 is 0. The van der Waals surface area contributed by atoms with Crippen LogP contribution in [0.15, 0.2) is 0 Å². The van der Waals surface area contributed by atoms with Crippen molar-refractivity contribution in [3.8, 4) is 0 Å². The Morgan fingerprint density at radius 2 is 1.67 bits per heavy atom. The smallest absolute Gasteiger partial charge is 0 e. The van der Waals surface area contributed by atoms with Crippen LogP contribution in [0.2, 0.25) is 0 Å². The summed E-state index contributed by atoms with van der Waals surface area (Å²) in [5, 5.41) is 0. The van der Waals surface area contributed by atoms with Gasteiger partial charge in [0.25, 0.3) is 0 Å². The number of rotatable bonds is 4. The van der Waals surface area contributed by atoms with Gasteiger partial charge < -0.3 is 12.4 Å². The molecule has 9 heavy (non-hydrogen) atoms. The second kappa shape index (κ2) is 15.9. The fraction of sp³-hybridized carbons (Fsp3) is 0.857. The van der Waals surface area contributed by atoms with Gasteiger partial charge in [-0.1, -0.05) is 46.0 Å². The summed E-state index contributed by atoms with van der Waals surface area (Å²) in [5.74, 6) is 0. The quantitative estimate of drug-likeness (QED) is 0.424. The number of unbranched alkanes of at least 4 members (excludes halogenated alkanes) is 4. The molecule has 0 N–H and O–H groups in total.